The van der Waals surface area contributed by atoms with Gasteiger partial charge in [-0.25, -0.2) is 4.98 Å². The van der Waals surface area contributed by atoms with Gasteiger partial charge in [-0.1, -0.05) is 31.9 Å². The molecule has 2 aromatic rings. The van der Waals surface area contributed by atoms with Gasteiger partial charge in [-0.2, -0.15) is 0 Å². The Bertz CT molecular complexity index is 506. The first-order valence-corrected chi connectivity index (χ1v) is 7.06. The number of hydrogen-bond acceptors (Lipinski definition) is 3. The lowest BCUT2D eigenvalue weighted by atomic mass is 10.1. The summed E-state index contributed by atoms with van der Waals surface area (Å²) >= 11 is 0. The van der Waals surface area contributed by atoms with E-state index < -0.39 is 0 Å². The monoisotopic (exact) mass is 271 g/mol. The van der Waals surface area contributed by atoms with Gasteiger partial charge in [0, 0.05) is 17.8 Å². The number of nitrogens with zero attached hydrogens (tertiary/aromatic N) is 1. The van der Waals surface area contributed by atoms with Crippen molar-refractivity contribution in [2.45, 2.75) is 26.2 Å². The van der Waals surface area contributed by atoms with E-state index in [1.807, 2.05) is 30.5 Å². The smallest absolute Gasteiger partial charge is 0.212 e. The van der Waals surface area contributed by atoms with Crippen molar-refractivity contribution in [1.82, 2.24) is 4.98 Å². The fourth-order valence-electron chi connectivity index (χ4n) is 1.96. The molecule has 1 aromatic carbocycles. The van der Waals surface area contributed by atoms with Crippen LogP contribution in [0.1, 0.15) is 26.2 Å². The molecule has 0 aliphatic rings. The molecule has 0 spiro atoms. The van der Waals surface area contributed by atoms with Crippen LogP contribution in [0.3, 0.4) is 0 Å². The molecule has 0 saturated heterocycles. The molecule has 2 rings (SSSR count). The Morgan fingerprint density at radius 2 is 1.70 bits per heavy atom. The van der Waals surface area contributed by atoms with Gasteiger partial charge in [-0.15, -0.1) is 0 Å². The number of ether oxygens (including phenoxy) is 2. The lowest BCUT2D eigenvalue weighted by Gasteiger charge is -2.07. The van der Waals surface area contributed by atoms with Gasteiger partial charge in [0.2, 0.25) is 5.88 Å². The van der Waals surface area contributed by atoms with E-state index in [1.165, 1.54) is 12.8 Å². The zero-order valence-electron chi connectivity index (χ0n) is 12.1. The first-order chi connectivity index (χ1) is 9.83. The summed E-state index contributed by atoms with van der Waals surface area (Å²) < 4.78 is 10.8. The predicted octanol–water partition coefficient (Wildman–Crippen LogP) is 4.33. The molecule has 0 fully saturated rings. The summed E-state index contributed by atoms with van der Waals surface area (Å²) in [5.74, 6) is 1.55. The molecule has 0 unspecified atom stereocenters. The Morgan fingerprint density at radius 1 is 0.950 bits per heavy atom. The van der Waals surface area contributed by atoms with E-state index in [1.54, 1.807) is 7.11 Å². The van der Waals surface area contributed by atoms with Crippen LogP contribution in [0.25, 0.3) is 11.1 Å². The zero-order valence-corrected chi connectivity index (χ0v) is 12.1. The highest BCUT2D eigenvalue weighted by Crippen LogP contribution is 2.23. The van der Waals surface area contributed by atoms with E-state index in [4.69, 9.17) is 9.47 Å². The van der Waals surface area contributed by atoms with Gasteiger partial charge in [0.15, 0.2) is 0 Å². The molecule has 1 aromatic heterocycles. The topological polar surface area (TPSA) is 31.4 Å². The molecule has 0 N–H and O–H groups in total. The van der Waals surface area contributed by atoms with Gasteiger partial charge in [0.1, 0.15) is 5.75 Å². The standard InChI is InChI=1S/C17H21NO2/c1-3-4-5-12-20-16-9-6-14(7-10-16)15-8-11-17(19-2)18-13-15/h6-11,13H,3-5,12H2,1-2H3. The van der Waals surface area contributed by atoms with Crippen LogP contribution < -0.4 is 9.47 Å². The van der Waals surface area contributed by atoms with Crippen molar-refractivity contribution in [1.29, 1.82) is 0 Å². The van der Waals surface area contributed by atoms with Gasteiger partial charge >= 0.3 is 0 Å². The summed E-state index contributed by atoms with van der Waals surface area (Å²) in [7, 11) is 1.62. The van der Waals surface area contributed by atoms with Crippen LogP contribution in [0, 0.1) is 0 Å². The van der Waals surface area contributed by atoms with Gasteiger partial charge < -0.3 is 9.47 Å². The van der Waals surface area contributed by atoms with Crippen molar-refractivity contribution in [3.05, 3.63) is 42.6 Å². The van der Waals surface area contributed by atoms with Crippen LogP contribution in [0.2, 0.25) is 0 Å². The average Bonchev–Trinajstić information content (AvgIpc) is 2.52. The summed E-state index contributed by atoms with van der Waals surface area (Å²) in [6.07, 6.45) is 5.36. The maximum atomic E-state index is 5.70. The maximum absolute atomic E-state index is 5.70. The minimum absolute atomic E-state index is 0.629. The number of hydrogen-bond donors (Lipinski definition) is 0. The Labute approximate surface area is 120 Å². The maximum Gasteiger partial charge on any atom is 0.212 e. The Hall–Kier alpha value is -2.03. The van der Waals surface area contributed by atoms with Gasteiger partial charge in [0.05, 0.1) is 13.7 Å². The number of pyridine rings is 1. The zero-order chi connectivity index (χ0) is 14.2. The van der Waals surface area contributed by atoms with Crippen molar-refractivity contribution in [3.63, 3.8) is 0 Å². The lowest BCUT2D eigenvalue weighted by Crippen LogP contribution is -1.96. The van der Waals surface area contributed by atoms with Crippen molar-refractivity contribution < 1.29 is 9.47 Å². The van der Waals surface area contributed by atoms with Gasteiger partial charge in [-0.3, -0.25) is 0 Å². The number of aromatic nitrogens is 1. The molecule has 20 heavy (non-hydrogen) atoms. The second kappa shape index (κ2) is 7.53. The number of unbranched alkanes of at least 4 members (excludes halogenated alkanes) is 2. The van der Waals surface area contributed by atoms with Crippen LogP contribution in [0.15, 0.2) is 42.6 Å². The fourth-order valence-corrected chi connectivity index (χ4v) is 1.96. The second-order valence-electron chi connectivity index (χ2n) is 4.67. The van der Waals surface area contributed by atoms with Crippen LogP contribution >= 0.6 is 0 Å². The summed E-state index contributed by atoms with van der Waals surface area (Å²) in [5.41, 5.74) is 2.20. The minimum atomic E-state index is 0.629. The third kappa shape index (κ3) is 3.98. The highest BCUT2D eigenvalue weighted by atomic mass is 16.5. The average molecular weight is 271 g/mol. The van der Waals surface area contributed by atoms with Crippen LogP contribution in [-0.4, -0.2) is 18.7 Å². The van der Waals surface area contributed by atoms with Gasteiger partial charge in [0.25, 0.3) is 0 Å². The van der Waals surface area contributed by atoms with E-state index in [-0.39, 0.29) is 0 Å². The fraction of sp³-hybridized carbons (Fsp3) is 0.353. The second-order valence-corrected chi connectivity index (χ2v) is 4.67. The van der Waals surface area contributed by atoms with E-state index >= 15 is 0 Å². The quantitative estimate of drug-likeness (QED) is 0.702. The van der Waals surface area contributed by atoms with Crippen molar-refractivity contribution >= 4 is 0 Å². The number of rotatable bonds is 7. The third-order valence-electron chi connectivity index (χ3n) is 3.15. The van der Waals surface area contributed by atoms with E-state index in [0.29, 0.717) is 5.88 Å². The summed E-state index contributed by atoms with van der Waals surface area (Å²) in [6, 6.07) is 12.0. The number of methoxy groups -OCH3 is 1. The van der Waals surface area contributed by atoms with E-state index in [9.17, 15) is 0 Å². The molecule has 0 atom stereocenters. The van der Waals surface area contributed by atoms with Crippen molar-refractivity contribution in [3.8, 4) is 22.8 Å². The molecule has 106 valence electrons. The Kier molecular flexibility index (Phi) is 5.42. The highest BCUT2D eigenvalue weighted by molar-refractivity contribution is 5.63. The summed E-state index contributed by atoms with van der Waals surface area (Å²) in [5, 5.41) is 0. The van der Waals surface area contributed by atoms with E-state index in [0.717, 1.165) is 29.9 Å². The molecule has 1 heterocycles. The first-order valence-electron chi connectivity index (χ1n) is 7.06. The highest BCUT2D eigenvalue weighted by Gasteiger charge is 2.00. The minimum Gasteiger partial charge on any atom is -0.494 e. The molecular formula is C17H21NO2. The SMILES string of the molecule is CCCCCOc1ccc(-c2ccc(OC)nc2)cc1. The largest absolute Gasteiger partial charge is 0.494 e. The molecule has 0 saturated carbocycles. The molecular weight excluding hydrogens is 250 g/mol. The predicted molar refractivity (Wildman–Crippen MR) is 81.2 cm³/mol. The van der Waals surface area contributed by atoms with Gasteiger partial charge in [-0.05, 0) is 30.2 Å². The van der Waals surface area contributed by atoms with Crippen LogP contribution in [0.4, 0.5) is 0 Å². The van der Waals surface area contributed by atoms with Crippen LogP contribution in [-0.2, 0) is 0 Å². The Balaban J connectivity index is 1.96. The first kappa shape index (κ1) is 14.4. The summed E-state index contributed by atoms with van der Waals surface area (Å²) in [6.45, 7) is 2.98. The molecule has 3 heteroatoms. The molecule has 0 aliphatic heterocycles. The molecule has 3 nitrogen and oxygen atoms in total. The third-order valence-corrected chi connectivity index (χ3v) is 3.15. The normalized spacial score (nSPS) is 10.3. The number of benzene rings is 1. The molecule has 0 bridgehead atoms. The van der Waals surface area contributed by atoms with Crippen LogP contribution in [0.5, 0.6) is 11.6 Å². The Morgan fingerprint density at radius 3 is 2.30 bits per heavy atom. The lowest BCUT2D eigenvalue weighted by molar-refractivity contribution is 0.306. The van der Waals surface area contributed by atoms with Crippen molar-refractivity contribution in [2.75, 3.05) is 13.7 Å². The summed E-state index contributed by atoms with van der Waals surface area (Å²) in [4.78, 5) is 4.21. The van der Waals surface area contributed by atoms with E-state index in [2.05, 4.69) is 24.0 Å². The molecule has 0 aliphatic carbocycles. The van der Waals surface area contributed by atoms with Crippen molar-refractivity contribution in [2.24, 2.45) is 0 Å². The molecule has 0 amide bonds. The molecule has 0 radical (unpaired) electrons.